The minimum absolute atomic E-state index is 0.241. The number of carbonyl (C=O) groups is 1. The lowest BCUT2D eigenvalue weighted by Crippen LogP contribution is -2.27. The van der Waals surface area contributed by atoms with Gasteiger partial charge in [0.05, 0.1) is 15.1 Å². The molecule has 2 aromatic carbocycles. The van der Waals surface area contributed by atoms with E-state index in [1.807, 2.05) is 6.07 Å². The number of benzene rings is 2. The van der Waals surface area contributed by atoms with Crippen molar-refractivity contribution >= 4 is 42.6 Å². The van der Waals surface area contributed by atoms with Crippen LogP contribution in [0.15, 0.2) is 53.4 Å². The quantitative estimate of drug-likeness (QED) is 0.745. The Kier molecular flexibility index (Phi) is 4.47. The van der Waals surface area contributed by atoms with E-state index in [0.29, 0.717) is 29.3 Å². The van der Waals surface area contributed by atoms with Gasteiger partial charge in [0, 0.05) is 18.7 Å². The lowest BCUT2D eigenvalue weighted by Gasteiger charge is -2.15. The first-order valence-electron chi connectivity index (χ1n) is 8.31. The zero-order valence-corrected chi connectivity index (χ0v) is 15.5. The van der Waals surface area contributed by atoms with E-state index in [2.05, 4.69) is 10.3 Å². The number of rotatable bonds is 4. The summed E-state index contributed by atoms with van der Waals surface area (Å²) in [6.45, 7) is 1.14. The molecular formula is C18H17N3O3S2. The van der Waals surface area contributed by atoms with Crippen molar-refractivity contribution in [1.82, 2.24) is 9.29 Å². The summed E-state index contributed by atoms with van der Waals surface area (Å²) >= 11 is 1.27. The zero-order chi connectivity index (χ0) is 18.1. The third-order valence-electron chi connectivity index (χ3n) is 4.32. The molecule has 1 N–H and O–H groups in total. The number of nitrogens with one attached hydrogen (secondary N) is 1. The highest BCUT2D eigenvalue weighted by atomic mass is 32.2. The van der Waals surface area contributed by atoms with Crippen molar-refractivity contribution in [2.24, 2.45) is 0 Å². The predicted octanol–water partition coefficient (Wildman–Crippen LogP) is 3.33. The molecule has 1 aromatic heterocycles. The third-order valence-corrected chi connectivity index (χ3v) is 7.15. The summed E-state index contributed by atoms with van der Waals surface area (Å²) in [5.41, 5.74) is 1.21. The molecule has 1 saturated heterocycles. The number of hydrogen-bond donors (Lipinski definition) is 1. The van der Waals surface area contributed by atoms with Gasteiger partial charge in [-0.2, -0.15) is 4.31 Å². The van der Waals surface area contributed by atoms with E-state index in [1.165, 1.54) is 15.6 Å². The molecule has 2 heterocycles. The number of fused-ring (bicyclic) bond motifs is 1. The standard InChI is InChI=1S/C18H17N3O3S2/c22-17(13-6-2-1-3-7-13)20-18-19-15-9-8-14(12-16(15)25-18)26(23,24)21-10-4-5-11-21/h1-3,6-9,12H,4-5,10-11H2,(H,19,20,22). The van der Waals surface area contributed by atoms with Crippen LogP contribution < -0.4 is 5.32 Å². The van der Waals surface area contributed by atoms with Gasteiger partial charge in [0.1, 0.15) is 0 Å². The van der Waals surface area contributed by atoms with Gasteiger partial charge in [0.25, 0.3) is 5.91 Å². The fraction of sp³-hybridized carbons (Fsp3) is 0.222. The SMILES string of the molecule is O=C(Nc1nc2ccc(S(=O)(=O)N3CCCC3)cc2s1)c1ccccc1. The van der Waals surface area contributed by atoms with Crippen molar-refractivity contribution in [3.8, 4) is 0 Å². The Bertz CT molecular complexity index is 1060. The molecule has 0 aliphatic carbocycles. The molecule has 1 aliphatic heterocycles. The molecule has 1 aliphatic rings. The number of amides is 1. The number of carbonyl (C=O) groups excluding carboxylic acids is 1. The zero-order valence-electron chi connectivity index (χ0n) is 13.9. The molecular weight excluding hydrogens is 370 g/mol. The maximum atomic E-state index is 12.7. The number of nitrogens with zero attached hydrogens (tertiary/aromatic N) is 2. The van der Waals surface area contributed by atoms with Gasteiger partial charge in [0.15, 0.2) is 5.13 Å². The van der Waals surface area contributed by atoms with Crippen LogP contribution in [0.4, 0.5) is 5.13 Å². The second-order valence-electron chi connectivity index (χ2n) is 6.08. The van der Waals surface area contributed by atoms with Crippen LogP contribution in [0.3, 0.4) is 0 Å². The molecule has 0 spiro atoms. The molecule has 4 rings (SSSR count). The second kappa shape index (κ2) is 6.79. The van der Waals surface area contributed by atoms with Crippen LogP contribution in [0.25, 0.3) is 10.2 Å². The van der Waals surface area contributed by atoms with Crippen molar-refractivity contribution < 1.29 is 13.2 Å². The van der Waals surface area contributed by atoms with Crippen LogP contribution in [-0.2, 0) is 10.0 Å². The van der Waals surface area contributed by atoms with Crippen LogP contribution >= 0.6 is 11.3 Å². The summed E-state index contributed by atoms with van der Waals surface area (Å²) in [7, 11) is -3.46. The monoisotopic (exact) mass is 387 g/mol. The number of anilines is 1. The van der Waals surface area contributed by atoms with E-state index in [0.717, 1.165) is 17.5 Å². The molecule has 6 nitrogen and oxygen atoms in total. The van der Waals surface area contributed by atoms with Gasteiger partial charge < -0.3 is 0 Å². The lowest BCUT2D eigenvalue weighted by molar-refractivity contribution is 0.102. The molecule has 0 atom stereocenters. The van der Waals surface area contributed by atoms with Crippen molar-refractivity contribution in [3.05, 3.63) is 54.1 Å². The predicted molar refractivity (Wildman–Crippen MR) is 102 cm³/mol. The molecule has 3 aromatic rings. The topological polar surface area (TPSA) is 79.4 Å². The van der Waals surface area contributed by atoms with Crippen molar-refractivity contribution in [2.45, 2.75) is 17.7 Å². The number of hydrogen-bond acceptors (Lipinski definition) is 5. The Morgan fingerprint density at radius 1 is 1.08 bits per heavy atom. The smallest absolute Gasteiger partial charge is 0.257 e. The summed E-state index contributed by atoms with van der Waals surface area (Å²) in [4.78, 5) is 16.9. The Labute approximate surface area is 155 Å². The summed E-state index contributed by atoms with van der Waals surface area (Å²) < 4.78 is 27.6. The summed E-state index contributed by atoms with van der Waals surface area (Å²) in [5.74, 6) is -0.241. The van der Waals surface area contributed by atoms with E-state index in [-0.39, 0.29) is 10.8 Å². The normalized spacial score (nSPS) is 15.4. The van der Waals surface area contributed by atoms with E-state index >= 15 is 0 Å². The fourth-order valence-corrected chi connectivity index (χ4v) is 5.47. The highest BCUT2D eigenvalue weighted by molar-refractivity contribution is 7.89. The van der Waals surface area contributed by atoms with Gasteiger partial charge in [-0.25, -0.2) is 13.4 Å². The first-order valence-corrected chi connectivity index (χ1v) is 10.6. The van der Waals surface area contributed by atoms with Gasteiger partial charge in [-0.3, -0.25) is 10.1 Å². The molecule has 0 unspecified atom stereocenters. The van der Waals surface area contributed by atoms with Gasteiger partial charge in [-0.05, 0) is 43.2 Å². The molecule has 26 heavy (non-hydrogen) atoms. The van der Waals surface area contributed by atoms with Gasteiger partial charge in [-0.1, -0.05) is 29.5 Å². The maximum Gasteiger partial charge on any atom is 0.257 e. The van der Waals surface area contributed by atoms with Crippen LogP contribution in [0.5, 0.6) is 0 Å². The van der Waals surface area contributed by atoms with Crippen LogP contribution in [0.2, 0.25) is 0 Å². The van der Waals surface area contributed by atoms with Crippen LogP contribution in [-0.4, -0.2) is 36.7 Å². The largest absolute Gasteiger partial charge is 0.298 e. The maximum absolute atomic E-state index is 12.7. The summed E-state index contributed by atoms with van der Waals surface area (Å²) in [5, 5.41) is 3.22. The van der Waals surface area contributed by atoms with E-state index in [1.54, 1.807) is 42.5 Å². The second-order valence-corrected chi connectivity index (χ2v) is 9.05. The van der Waals surface area contributed by atoms with E-state index in [9.17, 15) is 13.2 Å². The van der Waals surface area contributed by atoms with Gasteiger partial charge in [-0.15, -0.1) is 0 Å². The fourth-order valence-electron chi connectivity index (χ4n) is 2.96. The van der Waals surface area contributed by atoms with Crippen LogP contribution in [0.1, 0.15) is 23.2 Å². The molecule has 0 bridgehead atoms. The van der Waals surface area contributed by atoms with Gasteiger partial charge >= 0.3 is 0 Å². The molecule has 134 valence electrons. The molecule has 1 amide bonds. The highest BCUT2D eigenvalue weighted by Crippen LogP contribution is 2.30. The lowest BCUT2D eigenvalue weighted by atomic mass is 10.2. The first-order chi connectivity index (χ1) is 12.5. The van der Waals surface area contributed by atoms with Crippen LogP contribution in [0, 0.1) is 0 Å². The molecule has 0 radical (unpaired) electrons. The Balaban J connectivity index is 1.61. The number of sulfonamides is 1. The summed E-state index contributed by atoms with van der Waals surface area (Å²) in [6, 6.07) is 13.8. The average molecular weight is 387 g/mol. The van der Waals surface area contributed by atoms with Crippen molar-refractivity contribution in [2.75, 3.05) is 18.4 Å². The first kappa shape index (κ1) is 17.1. The van der Waals surface area contributed by atoms with Gasteiger partial charge in [0.2, 0.25) is 10.0 Å². The number of aromatic nitrogens is 1. The Morgan fingerprint density at radius 3 is 2.54 bits per heavy atom. The minimum Gasteiger partial charge on any atom is -0.298 e. The molecule has 0 saturated carbocycles. The van der Waals surface area contributed by atoms with E-state index < -0.39 is 10.0 Å². The minimum atomic E-state index is -3.46. The van der Waals surface area contributed by atoms with Crippen molar-refractivity contribution in [3.63, 3.8) is 0 Å². The summed E-state index contributed by atoms with van der Waals surface area (Å²) in [6.07, 6.45) is 1.80. The highest BCUT2D eigenvalue weighted by Gasteiger charge is 2.27. The Morgan fingerprint density at radius 2 is 1.81 bits per heavy atom. The molecule has 1 fully saturated rings. The molecule has 8 heteroatoms. The van der Waals surface area contributed by atoms with Crippen molar-refractivity contribution in [1.29, 1.82) is 0 Å². The Hall–Kier alpha value is -2.29. The number of thiazole rings is 1. The average Bonchev–Trinajstić information content (AvgIpc) is 3.31. The third kappa shape index (κ3) is 3.23. The van der Waals surface area contributed by atoms with E-state index in [4.69, 9.17) is 0 Å².